The van der Waals surface area contributed by atoms with Crippen molar-refractivity contribution in [3.63, 3.8) is 0 Å². The van der Waals surface area contributed by atoms with Gasteiger partial charge in [0.1, 0.15) is 0 Å². The van der Waals surface area contributed by atoms with Gasteiger partial charge in [0.05, 0.1) is 0 Å². The van der Waals surface area contributed by atoms with Crippen molar-refractivity contribution in [2.75, 3.05) is 0 Å². The Labute approximate surface area is 165 Å². The Morgan fingerprint density at radius 2 is 1.74 bits per heavy atom. The van der Waals surface area contributed by atoms with E-state index in [2.05, 4.69) is 20.8 Å². The highest BCUT2D eigenvalue weighted by atomic mass is 16.4. The van der Waals surface area contributed by atoms with Gasteiger partial charge in [-0.05, 0) is 111 Å². The average Bonchev–Trinajstić information content (AvgIpc) is 2.97. The fraction of sp³-hybridized carbons (Fsp3) is 0.958. The fourth-order valence-corrected chi connectivity index (χ4v) is 8.82. The summed E-state index contributed by atoms with van der Waals surface area (Å²) in [6, 6.07) is 0.444. The summed E-state index contributed by atoms with van der Waals surface area (Å²) in [6.45, 7) is 7.52. The molecule has 0 aromatic heterocycles. The molecule has 4 aliphatic rings. The predicted molar refractivity (Wildman–Crippen MR) is 109 cm³/mol. The zero-order valence-electron chi connectivity index (χ0n) is 17.8. The van der Waals surface area contributed by atoms with E-state index in [0.717, 1.165) is 36.0 Å². The summed E-state index contributed by atoms with van der Waals surface area (Å²) in [4.78, 5) is 11.1. The first-order chi connectivity index (χ1) is 12.8. The van der Waals surface area contributed by atoms with Gasteiger partial charge in [0.25, 0.3) is 0 Å². The van der Waals surface area contributed by atoms with E-state index < -0.39 is 5.97 Å². The highest BCUT2D eigenvalue weighted by Crippen LogP contribution is 2.68. The molecule has 1 unspecified atom stereocenters. The monoisotopic (exact) mass is 375 g/mol. The molecule has 0 saturated heterocycles. The van der Waals surface area contributed by atoms with Crippen LogP contribution in [0, 0.1) is 46.3 Å². The number of hydrogen-bond acceptors (Lipinski definition) is 2. The van der Waals surface area contributed by atoms with Crippen LogP contribution in [0.5, 0.6) is 0 Å². The zero-order chi connectivity index (χ0) is 19.4. The highest BCUT2D eigenvalue weighted by Gasteiger charge is 2.60. The first-order valence-corrected chi connectivity index (χ1v) is 11.7. The van der Waals surface area contributed by atoms with E-state index in [9.17, 15) is 4.79 Å². The van der Waals surface area contributed by atoms with Gasteiger partial charge in [-0.25, -0.2) is 0 Å². The lowest BCUT2D eigenvalue weighted by atomic mass is 9.44. The molecule has 0 amide bonds. The van der Waals surface area contributed by atoms with Gasteiger partial charge in [-0.2, -0.15) is 0 Å². The summed E-state index contributed by atoms with van der Waals surface area (Å²) in [5.74, 6) is 4.21. The molecule has 0 spiro atoms. The van der Waals surface area contributed by atoms with E-state index in [1.165, 1.54) is 57.8 Å². The lowest BCUT2D eigenvalue weighted by molar-refractivity contribution is -0.137. The van der Waals surface area contributed by atoms with Crippen LogP contribution in [0.3, 0.4) is 0 Å². The van der Waals surface area contributed by atoms with E-state index >= 15 is 0 Å². The van der Waals surface area contributed by atoms with Crippen LogP contribution >= 0.6 is 0 Å². The standard InChI is InChI=1S/C24H41NO2/c1-15(4-9-22(26)27)19-7-8-20-18-6-5-16-14-17(25)10-12-23(16,2)21(18)11-13-24(19,20)3/h15-21H,4-14,25H2,1-3H3,(H,26,27)/t15-,16-,17?,18+,19-,20+,21+,23+,24-/m1/s1. The largest absolute Gasteiger partial charge is 0.481 e. The molecule has 4 saturated carbocycles. The number of hydrogen-bond donors (Lipinski definition) is 2. The minimum atomic E-state index is -0.632. The Morgan fingerprint density at radius 3 is 2.48 bits per heavy atom. The van der Waals surface area contributed by atoms with Crippen molar-refractivity contribution in [2.24, 2.45) is 52.1 Å². The molecule has 154 valence electrons. The maximum absolute atomic E-state index is 11.1. The Morgan fingerprint density at radius 1 is 1.04 bits per heavy atom. The van der Waals surface area contributed by atoms with Crippen molar-refractivity contribution < 1.29 is 9.90 Å². The average molecular weight is 376 g/mol. The SMILES string of the molecule is C[C@H](CCC(=O)O)[C@H]1CC[C@H]2[C@@H]3CC[C@@H]4CC(N)CC[C@]4(C)[C@H]3CC[C@]12C. The minimum Gasteiger partial charge on any atom is -0.481 e. The van der Waals surface area contributed by atoms with Gasteiger partial charge in [0, 0.05) is 12.5 Å². The fourth-order valence-electron chi connectivity index (χ4n) is 8.82. The molecular weight excluding hydrogens is 334 g/mol. The molecule has 3 N–H and O–H groups in total. The number of rotatable bonds is 4. The summed E-state index contributed by atoms with van der Waals surface area (Å²) in [5.41, 5.74) is 7.32. The molecule has 0 aromatic rings. The number of carboxylic acids is 1. The van der Waals surface area contributed by atoms with Crippen molar-refractivity contribution in [3.8, 4) is 0 Å². The Balaban J connectivity index is 1.51. The van der Waals surface area contributed by atoms with Crippen LogP contribution in [-0.2, 0) is 4.79 Å². The molecule has 4 fully saturated rings. The lowest BCUT2D eigenvalue weighted by Crippen LogP contribution is -2.54. The molecule has 9 atom stereocenters. The molecule has 4 rings (SSSR count). The van der Waals surface area contributed by atoms with Gasteiger partial charge in [-0.15, -0.1) is 0 Å². The van der Waals surface area contributed by atoms with Crippen LogP contribution < -0.4 is 5.73 Å². The van der Waals surface area contributed by atoms with Crippen molar-refractivity contribution in [1.29, 1.82) is 0 Å². The Bertz CT molecular complexity index is 577. The number of fused-ring (bicyclic) bond motifs is 5. The van der Waals surface area contributed by atoms with Crippen LogP contribution in [0.15, 0.2) is 0 Å². The van der Waals surface area contributed by atoms with Crippen molar-refractivity contribution in [1.82, 2.24) is 0 Å². The maximum atomic E-state index is 11.1. The molecular formula is C24H41NO2. The zero-order valence-corrected chi connectivity index (χ0v) is 17.8. The van der Waals surface area contributed by atoms with Crippen LogP contribution in [0.4, 0.5) is 0 Å². The molecule has 3 heteroatoms. The summed E-state index contributed by atoms with van der Waals surface area (Å²) in [5, 5.41) is 9.10. The summed E-state index contributed by atoms with van der Waals surface area (Å²) >= 11 is 0. The van der Waals surface area contributed by atoms with Crippen molar-refractivity contribution in [2.45, 2.75) is 97.4 Å². The number of nitrogens with two attached hydrogens (primary N) is 1. The molecule has 0 bridgehead atoms. The van der Waals surface area contributed by atoms with Crippen LogP contribution in [0.25, 0.3) is 0 Å². The van der Waals surface area contributed by atoms with Crippen molar-refractivity contribution in [3.05, 3.63) is 0 Å². The Hall–Kier alpha value is -0.570. The first-order valence-electron chi connectivity index (χ1n) is 11.7. The highest BCUT2D eigenvalue weighted by molar-refractivity contribution is 5.66. The Kier molecular flexibility index (Phi) is 5.15. The molecule has 0 aliphatic heterocycles. The molecule has 4 aliphatic carbocycles. The topological polar surface area (TPSA) is 63.3 Å². The predicted octanol–water partition coefficient (Wildman–Crippen LogP) is 5.47. The third-order valence-corrected chi connectivity index (χ3v) is 10.3. The van der Waals surface area contributed by atoms with Crippen LogP contribution in [-0.4, -0.2) is 17.1 Å². The van der Waals surface area contributed by atoms with E-state index in [-0.39, 0.29) is 0 Å². The summed E-state index contributed by atoms with van der Waals surface area (Å²) in [6.07, 6.45) is 13.3. The summed E-state index contributed by atoms with van der Waals surface area (Å²) < 4.78 is 0. The number of carboxylic acid groups (broad SMARTS) is 1. The van der Waals surface area contributed by atoms with E-state index in [1.54, 1.807) is 0 Å². The van der Waals surface area contributed by atoms with E-state index in [0.29, 0.717) is 29.2 Å². The molecule has 0 radical (unpaired) electrons. The maximum Gasteiger partial charge on any atom is 0.303 e. The lowest BCUT2D eigenvalue weighted by Gasteiger charge is -2.61. The molecule has 0 heterocycles. The van der Waals surface area contributed by atoms with E-state index in [1.807, 2.05) is 0 Å². The second kappa shape index (κ2) is 7.04. The normalized spacial score (nSPS) is 50.4. The molecule has 0 aromatic carbocycles. The van der Waals surface area contributed by atoms with Gasteiger partial charge in [0.15, 0.2) is 0 Å². The third kappa shape index (κ3) is 3.16. The third-order valence-electron chi connectivity index (χ3n) is 10.3. The number of carbonyl (C=O) groups is 1. The quantitative estimate of drug-likeness (QED) is 0.684. The van der Waals surface area contributed by atoms with Crippen LogP contribution in [0.1, 0.15) is 91.4 Å². The van der Waals surface area contributed by atoms with Gasteiger partial charge >= 0.3 is 5.97 Å². The first kappa shape index (κ1) is 19.7. The molecule has 3 nitrogen and oxygen atoms in total. The minimum absolute atomic E-state index is 0.338. The second-order valence-electron chi connectivity index (χ2n) is 11.3. The van der Waals surface area contributed by atoms with E-state index in [4.69, 9.17) is 10.8 Å². The smallest absolute Gasteiger partial charge is 0.303 e. The van der Waals surface area contributed by atoms with Gasteiger partial charge in [-0.1, -0.05) is 20.8 Å². The van der Waals surface area contributed by atoms with Gasteiger partial charge in [-0.3, -0.25) is 4.79 Å². The van der Waals surface area contributed by atoms with Gasteiger partial charge in [0.2, 0.25) is 0 Å². The second-order valence-corrected chi connectivity index (χ2v) is 11.3. The van der Waals surface area contributed by atoms with Gasteiger partial charge < -0.3 is 10.8 Å². The molecule has 27 heavy (non-hydrogen) atoms. The summed E-state index contributed by atoms with van der Waals surface area (Å²) in [7, 11) is 0. The van der Waals surface area contributed by atoms with Crippen LogP contribution in [0.2, 0.25) is 0 Å². The van der Waals surface area contributed by atoms with Crippen molar-refractivity contribution >= 4 is 5.97 Å². The number of aliphatic carboxylic acids is 1.